The van der Waals surface area contributed by atoms with Crippen LogP contribution in [0.2, 0.25) is 0 Å². The molecule has 0 saturated carbocycles. The first kappa shape index (κ1) is 15.3. The zero-order valence-electron chi connectivity index (χ0n) is 12.5. The number of nitrogens with zero attached hydrogens (tertiary/aromatic N) is 3. The second-order valence-electron chi connectivity index (χ2n) is 5.90. The van der Waals surface area contributed by atoms with E-state index in [0.29, 0.717) is 11.1 Å². The zero-order valence-corrected chi connectivity index (χ0v) is 12.5. The van der Waals surface area contributed by atoms with Crippen molar-refractivity contribution < 1.29 is 14.7 Å². The molecule has 1 saturated heterocycles. The van der Waals surface area contributed by atoms with Crippen LogP contribution in [0.5, 0.6) is 0 Å². The molecule has 7 heteroatoms. The van der Waals surface area contributed by atoms with Gasteiger partial charge in [0.05, 0.1) is 11.9 Å². The van der Waals surface area contributed by atoms with E-state index in [4.69, 9.17) is 5.11 Å². The molecule has 2 N–H and O–H groups in total. The maximum Gasteiger partial charge on any atom is 0.325 e. The number of hydrogen-bond acceptors (Lipinski definition) is 3. The van der Waals surface area contributed by atoms with E-state index in [2.05, 4.69) is 24.3 Å². The van der Waals surface area contributed by atoms with Gasteiger partial charge < -0.3 is 15.3 Å². The molecule has 2 rings (SSSR count). The van der Waals surface area contributed by atoms with Crippen LogP contribution < -0.4 is 5.32 Å². The standard InChI is InChI=1S/C14H22N4O3/c1-3-14(2)4-6-17(7-5-14)13(21)16-11-8-15-18(9-11)10-12(19)20/h8-9H,3-7,10H2,1-2H3,(H,16,21)(H,19,20). The van der Waals surface area contributed by atoms with Crippen LogP contribution in [0.15, 0.2) is 12.4 Å². The van der Waals surface area contributed by atoms with Crippen molar-refractivity contribution in [1.29, 1.82) is 0 Å². The van der Waals surface area contributed by atoms with E-state index in [1.807, 2.05) is 0 Å². The molecular formula is C14H22N4O3. The van der Waals surface area contributed by atoms with Gasteiger partial charge >= 0.3 is 12.0 Å². The molecule has 0 unspecified atom stereocenters. The number of carbonyl (C=O) groups excluding carboxylic acids is 1. The number of aromatic nitrogens is 2. The summed E-state index contributed by atoms with van der Waals surface area (Å²) in [6.45, 7) is 5.73. The van der Waals surface area contributed by atoms with Crippen molar-refractivity contribution in [3.63, 3.8) is 0 Å². The lowest BCUT2D eigenvalue weighted by Gasteiger charge is -2.38. The minimum atomic E-state index is -0.967. The predicted molar refractivity (Wildman–Crippen MR) is 78.1 cm³/mol. The van der Waals surface area contributed by atoms with Gasteiger partial charge in [0.25, 0.3) is 0 Å². The van der Waals surface area contributed by atoms with Gasteiger partial charge in [0, 0.05) is 19.3 Å². The second kappa shape index (κ2) is 6.15. The normalized spacial score (nSPS) is 17.5. The van der Waals surface area contributed by atoms with Crippen molar-refractivity contribution in [3.05, 3.63) is 12.4 Å². The van der Waals surface area contributed by atoms with Crippen LogP contribution in [0.4, 0.5) is 10.5 Å². The summed E-state index contributed by atoms with van der Waals surface area (Å²) in [5, 5.41) is 15.3. The molecule has 7 nitrogen and oxygen atoms in total. The third-order valence-electron chi connectivity index (χ3n) is 4.29. The van der Waals surface area contributed by atoms with E-state index >= 15 is 0 Å². The molecule has 0 bridgehead atoms. The van der Waals surface area contributed by atoms with Gasteiger partial charge in [-0.2, -0.15) is 5.10 Å². The van der Waals surface area contributed by atoms with Crippen LogP contribution in [0.3, 0.4) is 0 Å². The van der Waals surface area contributed by atoms with Crippen LogP contribution in [0.1, 0.15) is 33.1 Å². The first-order valence-corrected chi connectivity index (χ1v) is 7.22. The van der Waals surface area contributed by atoms with E-state index in [1.54, 1.807) is 4.90 Å². The summed E-state index contributed by atoms with van der Waals surface area (Å²) in [5.74, 6) is -0.967. The molecule has 116 valence electrons. The number of carboxylic acid groups (broad SMARTS) is 1. The fourth-order valence-corrected chi connectivity index (χ4v) is 2.46. The largest absolute Gasteiger partial charge is 0.480 e. The number of aliphatic carboxylic acids is 1. The van der Waals surface area contributed by atoms with E-state index in [-0.39, 0.29) is 12.6 Å². The third kappa shape index (κ3) is 3.96. The number of anilines is 1. The van der Waals surface area contributed by atoms with Crippen LogP contribution in [-0.4, -0.2) is 44.9 Å². The van der Waals surface area contributed by atoms with Crippen molar-refractivity contribution in [1.82, 2.24) is 14.7 Å². The number of amides is 2. The molecule has 0 aromatic carbocycles. The van der Waals surface area contributed by atoms with Crippen molar-refractivity contribution in [3.8, 4) is 0 Å². The Kier molecular flexibility index (Phi) is 4.50. The maximum atomic E-state index is 12.2. The Morgan fingerprint density at radius 2 is 2.10 bits per heavy atom. The van der Waals surface area contributed by atoms with E-state index in [0.717, 1.165) is 32.4 Å². The Morgan fingerprint density at radius 1 is 1.43 bits per heavy atom. The number of carboxylic acids is 1. The van der Waals surface area contributed by atoms with Gasteiger partial charge in [-0.1, -0.05) is 20.3 Å². The molecule has 2 amide bonds. The van der Waals surface area contributed by atoms with Crippen LogP contribution in [-0.2, 0) is 11.3 Å². The highest BCUT2D eigenvalue weighted by Gasteiger charge is 2.30. The number of hydrogen-bond donors (Lipinski definition) is 2. The lowest BCUT2D eigenvalue weighted by Crippen LogP contribution is -2.43. The molecule has 1 aromatic rings. The highest BCUT2D eigenvalue weighted by Crippen LogP contribution is 2.33. The zero-order chi connectivity index (χ0) is 15.5. The fourth-order valence-electron chi connectivity index (χ4n) is 2.46. The summed E-state index contributed by atoms with van der Waals surface area (Å²) in [6.07, 6.45) is 6.13. The van der Waals surface area contributed by atoms with Crippen molar-refractivity contribution in [2.24, 2.45) is 5.41 Å². The molecule has 1 aromatic heterocycles. The Bertz CT molecular complexity index is 518. The summed E-state index contributed by atoms with van der Waals surface area (Å²) >= 11 is 0. The molecule has 0 spiro atoms. The summed E-state index contributed by atoms with van der Waals surface area (Å²) in [7, 11) is 0. The summed E-state index contributed by atoms with van der Waals surface area (Å²) in [6, 6.07) is -0.150. The molecule has 1 fully saturated rings. The third-order valence-corrected chi connectivity index (χ3v) is 4.29. The first-order valence-electron chi connectivity index (χ1n) is 7.22. The average Bonchev–Trinajstić information content (AvgIpc) is 2.85. The van der Waals surface area contributed by atoms with Crippen molar-refractivity contribution in [2.45, 2.75) is 39.7 Å². The Morgan fingerprint density at radius 3 is 2.67 bits per heavy atom. The van der Waals surface area contributed by atoms with E-state index in [9.17, 15) is 9.59 Å². The van der Waals surface area contributed by atoms with E-state index in [1.165, 1.54) is 17.1 Å². The highest BCUT2D eigenvalue weighted by molar-refractivity contribution is 5.89. The van der Waals surface area contributed by atoms with Crippen molar-refractivity contribution >= 4 is 17.7 Å². The van der Waals surface area contributed by atoms with Gasteiger partial charge in [-0.3, -0.25) is 9.48 Å². The fraction of sp³-hybridized carbons (Fsp3) is 0.643. The number of likely N-dealkylation sites (tertiary alicyclic amines) is 1. The molecule has 0 aliphatic carbocycles. The van der Waals surface area contributed by atoms with E-state index < -0.39 is 5.97 Å². The average molecular weight is 294 g/mol. The number of piperidine rings is 1. The molecule has 1 aliphatic heterocycles. The molecule has 0 radical (unpaired) electrons. The van der Waals surface area contributed by atoms with Crippen LogP contribution >= 0.6 is 0 Å². The lowest BCUT2D eigenvalue weighted by atomic mass is 9.78. The number of rotatable bonds is 4. The Labute approximate surface area is 123 Å². The van der Waals surface area contributed by atoms with Gasteiger partial charge in [-0.05, 0) is 18.3 Å². The van der Waals surface area contributed by atoms with Gasteiger partial charge in [0.2, 0.25) is 0 Å². The second-order valence-corrected chi connectivity index (χ2v) is 5.90. The molecule has 21 heavy (non-hydrogen) atoms. The van der Waals surface area contributed by atoms with Gasteiger partial charge in [0.15, 0.2) is 0 Å². The topological polar surface area (TPSA) is 87.5 Å². The van der Waals surface area contributed by atoms with Crippen LogP contribution in [0.25, 0.3) is 0 Å². The highest BCUT2D eigenvalue weighted by atomic mass is 16.4. The van der Waals surface area contributed by atoms with Crippen molar-refractivity contribution in [2.75, 3.05) is 18.4 Å². The van der Waals surface area contributed by atoms with Gasteiger partial charge in [-0.25, -0.2) is 4.79 Å². The minimum Gasteiger partial charge on any atom is -0.480 e. The predicted octanol–water partition coefficient (Wildman–Crippen LogP) is 2.01. The lowest BCUT2D eigenvalue weighted by molar-refractivity contribution is -0.137. The Balaban J connectivity index is 1.87. The minimum absolute atomic E-state index is 0.150. The smallest absolute Gasteiger partial charge is 0.325 e. The maximum absolute atomic E-state index is 12.2. The van der Waals surface area contributed by atoms with Gasteiger partial charge in [0.1, 0.15) is 6.54 Å². The Hall–Kier alpha value is -2.05. The molecule has 0 atom stereocenters. The molecule has 1 aliphatic rings. The monoisotopic (exact) mass is 294 g/mol. The van der Waals surface area contributed by atoms with Gasteiger partial charge in [-0.15, -0.1) is 0 Å². The summed E-state index contributed by atoms with van der Waals surface area (Å²) < 4.78 is 1.28. The summed E-state index contributed by atoms with van der Waals surface area (Å²) in [5.41, 5.74) is 0.855. The SMILES string of the molecule is CCC1(C)CCN(C(=O)Nc2cnn(CC(=O)O)c2)CC1. The number of nitrogens with one attached hydrogen (secondary N) is 1. The van der Waals surface area contributed by atoms with Crippen LogP contribution in [0, 0.1) is 5.41 Å². The first-order chi connectivity index (χ1) is 9.92. The number of urea groups is 1. The number of carbonyl (C=O) groups is 2. The quantitative estimate of drug-likeness (QED) is 0.889. The molecular weight excluding hydrogens is 272 g/mol. The summed E-state index contributed by atoms with van der Waals surface area (Å²) in [4.78, 5) is 24.5. The molecule has 2 heterocycles.